The summed E-state index contributed by atoms with van der Waals surface area (Å²) < 4.78 is 173. The number of hydrogen-bond acceptors (Lipinski definition) is 1. The van der Waals surface area contributed by atoms with Crippen LogP contribution in [0.15, 0.2) is 176 Å². The quantitative estimate of drug-likeness (QED) is 0.153. The number of alkyl halides is 12. The summed E-state index contributed by atoms with van der Waals surface area (Å²) in [5.74, 6) is 0. The van der Waals surface area contributed by atoms with Gasteiger partial charge in [-0.25, -0.2) is 0 Å². The molecule has 11 aromatic rings. The molecule has 0 radical (unpaired) electrons. The molecule has 76 heavy (non-hydrogen) atoms. The van der Waals surface area contributed by atoms with Gasteiger partial charge in [-0.05, 0) is 161 Å². The highest BCUT2D eigenvalue weighted by Crippen LogP contribution is 2.46. The van der Waals surface area contributed by atoms with Crippen LogP contribution in [0.25, 0.3) is 99.5 Å². The number of benzene rings is 9. The second-order valence-electron chi connectivity index (χ2n) is 18.7. The number of para-hydroxylation sites is 2. The maximum atomic E-state index is 14.1. The summed E-state index contributed by atoms with van der Waals surface area (Å²) in [6, 6.07) is 45.6. The Hall–Kier alpha value is -8.77. The molecule has 0 unspecified atom stereocenters. The highest BCUT2D eigenvalue weighted by atomic mass is 19.4. The maximum absolute atomic E-state index is 14.1. The third-order valence-electron chi connectivity index (χ3n) is 13.8. The van der Waals surface area contributed by atoms with Gasteiger partial charge in [0.1, 0.15) is 0 Å². The standard InChI is InChI=1S/C61H35F12N3/c1-33-21-39(25-42(22-33)59(65,66)67)36-12-18-54-49(28-36)46-7-3-5-9-52(46)75(54)55-20-14-38(45-17-15-41(23-34(45)2)58(62,63)64)30-51(55)48-16-11-35(32-74)24-57(48)76-53-10-6-4-8-47(53)50-29-37(13-19-56(50)76)40-26-43(60(68,69)70)31-44(27-40)61(71,72)73/h3-31H,1-2H3. The van der Waals surface area contributed by atoms with Crippen molar-refractivity contribution in [2.24, 2.45) is 0 Å². The Labute approximate surface area is 424 Å². The van der Waals surface area contributed by atoms with Gasteiger partial charge < -0.3 is 9.13 Å². The van der Waals surface area contributed by atoms with E-state index in [1.807, 2.05) is 57.7 Å². The van der Waals surface area contributed by atoms with Crippen molar-refractivity contribution < 1.29 is 52.7 Å². The Bertz CT molecular complexity index is 4180. The molecule has 0 amide bonds. The molecule has 2 aromatic heterocycles. The Morgan fingerprint density at radius 2 is 0.816 bits per heavy atom. The van der Waals surface area contributed by atoms with Crippen molar-refractivity contribution in [1.29, 1.82) is 5.26 Å². The second-order valence-corrected chi connectivity index (χ2v) is 18.7. The summed E-state index contributed by atoms with van der Waals surface area (Å²) in [5, 5.41) is 12.9. The third kappa shape index (κ3) is 8.66. The van der Waals surface area contributed by atoms with E-state index in [9.17, 15) is 57.9 Å². The largest absolute Gasteiger partial charge is 0.416 e. The van der Waals surface area contributed by atoms with Crippen LogP contribution >= 0.6 is 0 Å². The predicted octanol–water partition coefficient (Wildman–Crippen LogP) is 19.1. The molecule has 378 valence electrons. The van der Waals surface area contributed by atoms with Gasteiger partial charge in [0.15, 0.2) is 0 Å². The minimum absolute atomic E-state index is 0.0672. The average Bonchev–Trinajstić information content (AvgIpc) is 3.94. The normalized spacial score (nSPS) is 12.6. The zero-order valence-electron chi connectivity index (χ0n) is 39.6. The molecule has 0 fully saturated rings. The zero-order chi connectivity index (χ0) is 53.8. The first-order chi connectivity index (χ1) is 36.0. The zero-order valence-corrected chi connectivity index (χ0v) is 39.6. The van der Waals surface area contributed by atoms with Crippen molar-refractivity contribution in [3.05, 3.63) is 215 Å². The van der Waals surface area contributed by atoms with Crippen molar-refractivity contribution in [1.82, 2.24) is 9.13 Å². The lowest BCUT2D eigenvalue weighted by Crippen LogP contribution is -2.11. The van der Waals surface area contributed by atoms with Gasteiger partial charge in [-0.1, -0.05) is 72.8 Å². The summed E-state index contributed by atoms with van der Waals surface area (Å²) in [4.78, 5) is 0. The van der Waals surface area contributed by atoms with E-state index in [1.165, 1.54) is 18.2 Å². The van der Waals surface area contributed by atoms with Gasteiger partial charge in [0.2, 0.25) is 0 Å². The van der Waals surface area contributed by atoms with Crippen LogP contribution in [0.4, 0.5) is 52.7 Å². The highest BCUT2D eigenvalue weighted by Gasteiger charge is 2.38. The first-order valence-corrected chi connectivity index (χ1v) is 23.4. The van der Waals surface area contributed by atoms with E-state index < -0.39 is 47.0 Å². The molecule has 0 bridgehead atoms. The van der Waals surface area contributed by atoms with E-state index in [0.29, 0.717) is 106 Å². The van der Waals surface area contributed by atoms with Crippen LogP contribution in [0.3, 0.4) is 0 Å². The van der Waals surface area contributed by atoms with Gasteiger partial charge in [0, 0.05) is 32.7 Å². The van der Waals surface area contributed by atoms with Crippen LogP contribution < -0.4 is 0 Å². The van der Waals surface area contributed by atoms with Crippen LogP contribution in [0, 0.1) is 25.2 Å². The molecule has 0 spiro atoms. The Balaban J connectivity index is 1.18. The van der Waals surface area contributed by atoms with Crippen LogP contribution in [0.5, 0.6) is 0 Å². The Kier molecular flexibility index (Phi) is 11.5. The van der Waals surface area contributed by atoms with E-state index in [2.05, 4.69) is 6.07 Å². The lowest BCUT2D eigenvalue weighted by atomic mass is 9.92. The van der Waals surface area contributed by atoms with Crippen LogP contribution in [0.2, 0.25) is 0 Å². The van der Waals surface area contributed by atoms with Crippen LogP contribution in [-0.2, 0) is 24.7 Å². The molecule has 0 N–H and O–H groups in total. The van der Waals surface area contributed by atoms with E-state index in [1.54, 1.807) is 80.6 Å². The Morgan fingerprint density at radius 3 is 1.34 bits per heavy atom. The summed E-state index contributed by atoms with van der Waals surface area (Å²) >= 11 is 0. The molecule has 9 aromatic carbocycles. The van der Waals surface area contributed by atoms with Crippen molar-refractivity contribution in [3.63, 3.8) is 0 Å². The molecule has 0 saturated carbocycles. The molecule has 15 heteroatoms. The number of hydrogen-bond donors (Lipinski definition) is 0. The molecular weight excluding hydrogens is 1000 g/mol. The fourth-order valence-electron chi connectivity index (χ4n) is 10.4. The third-order valence-corrected chi connectivity index (χ3v) is 13.8. The van der Waals surface area contributed by atoms with Crippen LogP contribution in [-0.4, -0.2) is 9.13 Å². The van der Waals surface area contributed by atoms with Gasteiger partial charge in [-0.3, -0.25) is 0 Å². The number of halogens is 12. The monoisotopic (exact) mass is 1040 g/mol. The predicted molar refractivity (Wildman–Crippen MR) is 271 cm³/mol. The van der Waals surface area contributed by atoms with E-state index in [0.717, 1.165) is 29.7 Å². The molecule has 0 aliphatic rings. The van der Waals surface area contributed by atoms with Gasteiger partial charge in [0.25, 0.3) is 0 Å². The minimum atomic E-state index is -5.09. The molecular formula is C61H35F12N3. The highest BCUT2D eigenvalue weighted by molar-refractivity contribution is 6.13. The van der Waals surface area contributed by atoms with E-state index in [-0.39, 0.29) is 22.8 Å². The molecule has 3 nitrogen and oxygen atoms in total. The average molecular weight is 1040 g/mol. The lowest BCUT2D eigenvalue weighted by molar-refractivity contribution is -0.143. The van der Waals surface area contributed by atoms with Gasteiger partial charge in [-0.15, -0.1) is 0 Å². The first kappa shape index (κ1) is 49.4. The number of aromatic nitrogens is 2. The van der Waals surface area contributed by atoms with Gasteiger partial charge in [-0.2, -0.15) is 57.9 Å². The van der Waals surface area contributed by atoms with Crippen molar-refractivity contribution in [2.45, 2.75) is 38.6 Å². The Morgan fingerprint density at radius 1 is 0.342 bits per heavy atom. The maximum Gasteiger partial charge on any atom is 0.416 e. The SMILES string of the molecule is Cc1cc(-c2ccc3c(c2)c2ccccc2n3-c2ccc(-c3ccc(C(F)(F)F)cc3C)cc2-c2ccc(C#N)cc2-n2c3ccccc3c3cc(-c4cc(C(F)(F)F)cc(C(F)(F)F)c4)ccc32)cc(C(F)(F)F)c1. The number of nitrogens with zero attached hydrogens (tertiary/aromatic N) is 3. The second kappa shape index (κ2) is 17.7. The van der Waals surface area contributed by atoms with Gasteiger partial charge in [0.05, 0.1) is 67.3 Å². The molecule has 2 heterocycles. The van der Waals surface area contributed by atoms with Crippen molar-refractivity contribution in [2.75, 3.05) is 0 Å². The molecule has 0 atom stereocenters. The number of fused-ring (bicyclic) bond motifs is 6. The van der Waals surface area contributed by atoms with E-state index in [4.69, 9.17) is 0 Å². The number of nitriles is 1. The summed E-state index contributed by atoms with van der Waals surface area (Å²) in [6.45, 7) is 3.16. The van der Waals surface area contributed by atoms with E-state index >= 15 is 0 Å². The molecule has 11 rings (SSSR count). The summed E-state index contributed by atoms with van der Waals surface area (Å²) in [7, 11) is 0. The van der Waals surface area contributed by atoms with Crippen molar-refractivity contribution in [3.8, 4) is 62.0 Å². The molecule has 0 aliphatic carbocycles. The topological polar surface area (TPSA) is 33.6 Å². The fourth-order valence-corrected chi connectivity index (χ4v) is 10.4. The number of rotatable bonds is 6. The summed E-state index contributed by atoms with van der Waals surface area (Å²) in [5.41, 5.74) is 2.34. The van der Waals surface area contributed by atoms with Gasteiger partial charge >= 0.3 is 24.7 Å². The molecule has 0 aliphatic heterocycles. The summed E-state index contributed by atoms with van der Waals surface area (Å²) in [6.07, 6.45) is -19.4. The first-order valence-electron chi connectivity index (χ1n) is 23.4. The van der Waals surface area contributed by atoms with Crippen LogP contribution in [0.1, 0.15) is 38.9 Å². The van der Waals surface area contributed by atoms with Crippen molar-refractivity contribution >= 4 is 43.6 Å². The smallest absolute Gasteiger partial charge is 0.309 e. The molecule has 0 saturated heterocycles. The number of aryl methyl sites for hydroxylation is 2. The minimum Gasteiger partial charge on any atom is -0.309 e. The fraction of sp³-hybridized carbons (Fsp3) is 0.0984. The lowest BCUT2D eigenvalue weighted by Gasteiger charge is -2.21.